The van der Waals surface area contributed by atoms with E-state index < -0.39 is 18.0 Å². The Kier molecular flexibility index (Phi) is 6.24. The number of fused-ring (bicyclic) bond motifs is 1. The maximum absolute atomic E-state index is 12.9. The molecular formula is C25H22F3N5O4. The Morgan fingerprint density at radius 1 is 1.11 bits per heavy atom. The van der Waals surface area contributed by atoms with Crippen molar-refractivity contribution in [1.82, 2.24) is 14.6 Å². The number of hydrogen-bond donors (Lipinski definition) is 1. The van der Waals surface area contributed by atoms with Gasteiger partial charge in [0.1, 0.15) is 28.9 Å². The minimum Gasteiger partial charge on any atom is -0.495 e. The fraction of sp³-hybridized carbons (Fsp3) is 0.240. The number of hydrogen-bond acceptors (Lipinski definition) is 7. The second kappa shape index (κ2) is 9.52. The van der Waals surface area contributed by atoms with E-state index in [2.05, 4.69) is 25.0 Å². The fourth-order valence-electron chi connectivity index (χ4n) is 4.00. The zero-order chi connectivity index (χ0) is 26.2. The maximum Gasteiger partial charge on any atom is 0.573 e. The molecule has 1 amide bonds. The van der Waals surface area contributed by atoms with E-state index in [1.165, 1.54) is 13.2 Å². The van der Waals surface area contributed by atoms with Crippen molar-refractivity contribution in [3.05, 3.63) is 72.3 Å². The van der Waals surface area contributed by atoms with Crippen molar-refractivity contribution < 1.29 is 32.2 Å². The SMILES string of the molecule is COc1ccc(OC(F)(F)F)cc1NC(=O)c1ccc(C)c(OC2CN(c3cnn4ccncc34)C2)c1. The van der Waals surface area contributed by atoms with Crippen LogP contribution < -0.4 is 24.4 Å². The number of alkyl halides is 3. The number of methoxy groups -OCH3 is 1. The van der Waals surface area contributed by atoms with Crippen molar-refractivity contribution in [2.45, 2.75) is 19.4 Å². The minimum absolute atomic E-state index is 0.0369. The molecule has 12 heteroatoms. The zero-order valence-corrected chi connectivity index (χ0v) is 19.8. The molecule has 0 unspecified atom stereocenters. The van der Waals surface area contributed by atoms with Crippen molar-refractivity contribution in [3.63, 3.8) is 0 Å². The lowest BCUT2D eigenvalue weighted by atomic mass is 10.1. The molecule has 0 aliphatic carbocycles. The lowest BCUT2D eigenvalue weighted by molar-refractivity contribution is -0.274. The highest BCUT2D eigenvalue weighted by atomic mass is 19.4. The van der Waals surface area contributed by atoms with Crippen molar-refractivity contribution in [1.29, 1.82) is 0 Å². The van der Waals surface area contributed by atoms with Gasteiger partial charge in [0.15, 0.2) is 0 Å². The van der Waals surface area contributed by atoms with Crippen LogP contribution in [0, 0.1) is 6.92 Å². The Morgan fingerprint density at radius 3 is 2.68 bits per heavy atom. The summed E-state index contributed by atoms with van der Waals surface area (Å²) in [6.45, 7) is 3.13. The van der Waals surface area contributed by atoms with Gasteiger partial charge in [-0.25, -0.2) is 4.52 Å². The molecule has 9 nitrogen and oxygen atoms in total. The standard InChI is InChI=1S/C25H22F3N5O4/c1-15-3-4-16(24(34)31-19-10-17(37-25(26,27)28)5-6-22(19)35-2)9-23(15)36-18-13-32(14-18)20-12-30-33-8-7-29-11-21(20)33/h3-12,18H,13-14H2,1-2H3,(H,31,34). The third-order valence-corrected chi connectivity index (χ3v) is 5.89. The van der Waals surface area contributed by atoms with Crippen molar-refractivity contribution in [3.8, 4) is 17.2 Å². The molecule has 1 saturated heterocycles. The summed E-state index contributed by atoms with van der Waals surface area (Å²) in [6, 6.07) is 8.40. The van der Waals surface area contributed by atoms with Gasteiger partial charge in [0.25, 0.3) is 5.91 Å². The lowest BCUT2D eigenvalue weighted by Gasteiger charge is -2.40. The van der Waals surface area contributed by atoms with Gasteiger partial charge < -0.3 is 24.4 Å². The van der Waals surface area contributed by atoms with E-state index in [-0.39, 0.29) is 23.1 Å². The van der Waals surface area contributed by atoms with E-state index in [1.54, 1.807) is 47.5 Å². The van der Waals surface area contributed by atoms with Crippen LogP contribution in [0.2, 0.25) is 0 Å². The van der Waals surface area contributed by atoms with Crippen LogP contribution >= 0.6 is 0 Å². The predicted molar refractivity (Wildman–Crippen MR) is 128 cm³/mol. The van der Waals surface area contributed by atoms with Gasteiger partial charge in [0, 0.05) is 24.0 Å². The number of nitrogens with zero attached hydrogens (tertiary/aromatic N) is 4. The third-order valence-electron chi connectivity index (χ3n) is 5.89. The average molecular weight is 513 g/mol. The van der Waals surface area contributed by atoms with Crippen LogP contribution in [0.3, 0.4) is 0 Å². The van der Waals surface area contributed by atoms with Gasteiger partial charge >= 0.3 is 6.36 Å². The summed E-state index contributed by atoms with van der Waals surface area (Å²) < 4.78 is 54.8. The average Bonchev–Trinajstić information content (AvgIpc) is 3.25. The number of carbonyl (C=O) groups excluding carboxylic acids is 1. The first kappa shape index (κ1) is 24.2. The summed E-state index contributed by atoms with van der Waals surface area (Å²) in [4.78, 5) is 19.2. The number of aryl methyl sites for hydroxylation is 1. The minimum atomic E-state index is -4.86. The van der Waals surface area contributed by atoms with Gasteiger partial charge in [-0.05, 0) is 36.8 Å². The number of amides is 1. The molecule has 0 spiro atoms. The Hall–Kier alpha value is -4.48. The van der Waals surface area contributed by atoms with Crippen LogP contribution in [0.25, 0.3) is 5.52 Å². The second-order valence-corrected chi connectivity index (χ2v) is 8.43. The number of ether oxygens (including phenoxy) is 3. The molecule has 1 fully saturated rings. The van der Waals surface area contributed by atoms with Gasteiger partial charge in [-0.1, -0.05) is 6.07 Å². The summed E-state index contributed by atoms with van der Waals surface area (Å²) in [5, 5.41) is 6.91. The molecular weight excluding hydrogens is 491 g/mol. The van der Waals surface area contributed by atoms with Crippen LogP contribution in [0.4, 0.5) is 24.5 Å². The predicted octanol–water partition coefficient (Wildman–Crippen LogP) is 4.46. The van der Waals surface area contributed by atoms with E-state index in [4.69, 9.17) is 9.47 Å². The van der Waals surface area contributed by atoms with E-state index in [0.717, 1.165) is 28.9 Å². The highest BCUT2D eigenvalue weighted by Gasteiger charge is 2.32. The van der Waals surface area contributed by atoms with Crippen molar-refractivity contribution >= 4 is 22.8 Å². The normalized spacial score (nSPS) is 13.8. The Morgan fingerprint density at radius 2 is 1.92 bits per heavy atom. The first-order chi connectivity index (χ1) is 17.7. The molecule has 2 aromatic carbocycles. The van der Waals surface area contributed by atoms with Crippen LogP contribution in [-0.4, -0.2) is 53.2 Å². The van der Waals surface area contributed by atoms with Crippen molar-refractivity contribution in [2.24, 2.45) is 0 Å². The first-order valence-corrected chi connectivity index (χ1v) is 11.2. The molecule has 37 heavy (non-hydrogen) atoms. The molecule has 1 aliphatic heterocycles. The van der Waals surface area contributed by atoms with E-state index >= 15 is 0 Å². The van der Waals surface area contributed by atoms with Gasteiger partial charge in [0.2, 0.25) is 0 Å². The highest BCUT2D eigenvalue weighted by Crippen LogP contribution is 2.33. The summed E-state index contributed by atoms with van der Waals surface area (Å²) in [5.41, 5.74) is 3.01. The van der Waals surface area contributed by atoms with Crippen molar-refractivity contribution in [2.75, 3.05) is 30.4 Å². The Balaban J connectivity index is 1.27. The molecule has 192 valence electrons. The molecule has 3 heterocycles. The number of aromatic nitrogens is 3. The first-order valence-electron chi connectivity index (χ1n) is 11.2. The number of nitrogens with one attached hydrogen (secondary N) is 1. The second-order valence-electron chi connectivity index (χ2n) is 8.43. The van der Waals surface area contributed by atoms with Gasteiger partial charge in [-0.2, -0.15) is 5.10 Å². The molecule has 1 aliphatic rings. The number of anilines is 2. The summed E-state index contributed by atoms with van der Waals surface area (Å²) >= 11 is 0. The maximum atomic E-state index is 12.9. The Labute approximate surface area is 209 Å². The van der Waals surface area contributed by atoms with Gasteiger partial charge in [0.05, 0.1) is 44.0 Å². The monoisotopic (exact) mass is 513 g/mol. The number of benzene rings is 2. The number of carbonyl (C=O) groups is 1. The smallest absolute Gasteiger partial charge is 0.495 e. The lowest BCUT2D eigenvalue weighted by Crippen LogP contribution is -2.54. The van der Waals surface area contributed by atoms with Crippen LogP contribution in [0.5, 0.6) is 17.2 Å². The van der Waals surface area contributed by atoms with Crippen LogP contribution in [0.15, 0.2) is 61.2 Å². The largest absolute Gasteiger partial charge is 0.573 e. The molecule has 0 saturated carbocycles. The molecule has 5 rings (SSSR count). The molecule has 0 bridgehead atoms. The number of halogens is 3. The summed E-state index contributed by atoms with van der Waals surface area (Å²) in [7, 11) is 1.35. The van der Waals surface area contributed by atoms with Gasteiger partial charge in [-0.15, -0.1) is 13.2 Å². The third kappa shape index (κ3) is 5.22. The Bertz CT molecular complexity index is 1450. The van der Waals surface area contributed by atoms with Crippen LogP contribution in [0.1, 0.15) is 15.9 Å². The molecule has 0 atom stereocenters. The number of rotatable bonds is 7. The topological polar surface area (TPSA) is 90.2 Å². The van der Waals surface area contributed by atoms with Gasteiger partial charge in [-0.3, -0.25) is 9.78 Å². The molecule has 4 aromatic rings. The molecule has 0 radical (unpaired) electrons. The molecule has 1 N–H and O–H groups in total. The van der Waals surface area contributed by atoms with Crippen LogP contribution in [-0.2, 0) is 0 Å². The summed E-state index contributed by atoms with van der Waals surface area (Å²) in [6.07, 6.45) is 2.02. The highest BCUT2D eigenvalue weighted by molar-refractivity contribution is 6.05. The van der Waals surface area contributed by atoms with E-state index in [9.17, 15) is 18.0 Å². The zero-order valence-electron chi connectivity index (χ0n) is 19.8. The summed E-state index contributed by atoms with van der Waals surface area (Å²) in [5.74, 6) is -0.293. The van der Waals surface area contributed by atoms with E-state index in [1.807, 2.05) is 6.92 Å². The fourth-order valence-corrected chi connectivity index (χ4v) is 4.00. The van der Waals surface area contributed by atoms with E-state index in [0.29, 0.717) is 18.8 Å². The molecule has 2 aromatic heterocycles. The quantitative estimate of drug-likeness (QED) is 0.390.